The number of carbonyl (C=O) groups excluding carboxylic acids is 1. The van der Waals surface area contributed by atoms with Crippen LogP contribution in [0.1, 0.15) is 49.1 Å². The molecule has 0 aromatic heterocycles. The number of carbonyl (C=O) groups is 2. The number of alkyl carbamates (subject to hydrolysis) is 1. The van der Waals surface area contributed by atoms with E-state index in [1.54, 1.807) is 0 Å². The number of allylic oxidation sites excluding steroid dienone is 1. The van der Waals surface area contributed by atoms with Crippen LogP contribution in [0, 0.1) is 5.41 Å². The molecule has 1 aliphatic carbocycles. The van der Waals surface area contributed by atoms with Crippen molar-refractivity contribution in [3.8, 4) is 11.1 Å². The van der Waals surface area contributed by atoms with E-state index in [2.05, 4.69) is 36.2 Å². The Morgan fingerprint density at radius 1 is 1.12 bits per heavy atom. The second-order valence-corrected chi connectivity index (χ2v) is 8.90. The van der Waals surface area contributed by atoms with E-state index < -0.39 is 23.5 Å². The molecule has 1 atom stereocenters. The zero-order valence-corrected chi connectivity index (χ0v) is 18.8. The molecule has 0 radical (unpaired) electrons. The van der Waals surface area contributed by atoms with Gasteiger partial charge in [-0.05, 0) is 54.4 Å². The SMILES string of the molecule is C=CCCCC1([C@H](NC(=O)OCC2c3ccccc3-c3ccccc32)C(=O)O)CCOCC1. The molecule has 1 fully saturated rings. The van der Waals surface area contributed by atoms with E-state index >= 15 is 0 Å². The van der Waals surface area contributed by atoms with Gasteiger partial charge in [-0.2, -0.15) is 0 Å². The van der Waals surface area contributed by atoms with Crippen LogP contribution >= 0.6 is 0 Å². The predicted molar refractivity (Wildman–Crippen MR) is 126 cm³/mol. The normalized spacial score (nSPS) is 17.5. The summed E-state index contributed by atoms with van der Waals surface area (Å²) in [5.74, 6) is -1.11. The fourth-order valence-corrected chi connectivity index (χ4v) is 5.29. The first-order valence-corrected chi connectivity index (χ1v) is 11.6. The van der Waals surface area contributed by atoms with Crippen LogP contribution < -0.4 is 5.32 Å². The van der Waals surface area contributed by atoms with Gasteiger partial charge < -0.3 is 19.9 Å². The third-order valence-corrected chi connectivity index (χ3v) is 7.04. The molecule has 2 aromatic rings. The third-order valence-electron chi connectivity index (χ3n) is 7.04. The van der Waals surface area contributed by atoms with Crippen LogP contribution in [0.15, 0.2) is 61.2 Å². The topological polar surface area (TPSA) is 84.9 Å². The van der Waals surface area contributed by atoms with Crippen molar-refractivity contribution in [2.75, 3.05) is 19.8 Å². The van der Waals surface area contributed by atoms with Crippen molar-refractivity contribution in [1.82, 2.24) is 5.32 Å². The quantitative estimate of drug-likeness (QED) is 0.409. The van der Waals surface area contributed by atoms with Crippen LogP contribution in [-0.2, 0) is 14.3 Å². The number of nitrogens with one attached hydrogen (secondary N) is 1. The molecule has 0 saturated carbocycles. The molecule has 1 heterocycles. The molecule has 174 valence electrons. The van der Waals surface area contributed by atoms with Crippen LogP contribution in [0.2, 0.25) is 0 Å². The number of carboxylic acids is 1. The highest BCUT2D eigenvalue weighted by atomic mass is 16.5. The summed E-state index contributed by atoms with van der Waals surface area (Å²) in [7, 11) is 0. The maximum atomic E-state index is 12.8. The summed E-state index contributed by atoms with van der Waals surface area (Å²) in [4.78, 5) is 25.0. The van der Waals surface area contributed by atoms with E-state index in [4.69, 9.17) is 9.47 Å². The molecule has 6 heteroatoms. The van der Waals surface area contributed by atoms with Crippen LogP contribution in [0.3, 0.4) is 0 Å². The molecule has 4 rings (SSSR count). The van der Waals surface area contributed by atoms with Crippen molar-refractivity contribution >= 4 is 12.1 Å². The Labute approximate surface area is 194 Å². The number of unbranched alkanes of at least 4 members (excludes halogenated alkanes) is 1. The number of aliphatic carboxylic acids is 1. The van der Waals surface area contributed by atoms with Crippen molar-refractivity contribution in [3.05, 3.63) is 72.3 Å². The van der Waals surface area contributed by atoms with Crippen molar-refractivity contribution in [1.29, 1.82) is 0 Å². The summed E-state index contributed by atoms with van der Waals surface area (Å²) in [6.07, 6.45) is 4.62. The molecular formula is C27H31NO5. The van der Waals surface area contributed by atoms with Crippen LogP contribution in [-0.4, -0.2) is 43.0 Å². The summed E-state index contributed by atoms with van der Waals surface area (Å²) >= 11 is 0. The molecule has 0 spiro atoms. The zero-order chi connectivity index (χ0) is 23.3. The highest BCUT2D eigenvalue weighted by molar-refractivity contribution is 5.81. The average Bonchev–Trinajstić information content (AvgIpc) is 3.15. The zero-order valence-electron chi connectivity index (χ0n) is 18.8. The van der Waals surface area contributed by atoms with Crippen molar-refractivity contribution in [3.63, 3.8) is 0 Å². The highest BCUT2D eigenvalue weighted by Crippen LogP contribution is 2.44. The van der Waals surface area contributed by atoms with E-state index in [9.17, 15) is 14.7 Å². The molecule has 2 N–H and O–H groups in total. The van der Waals surface area contributed by atoms with E-state index in [0.29, 0.717) is 32.5 Å². The fourth-order valence-electron chi connectivity index (χ4n) is 5.29. The second kappa shape index (κ2) is 10.2. The Bertz CT molecular complexity index is 966. The fraction of sp³-hybridized carbons (Fsp3) is 0.407. The molecule has 1 amide bonds. The Morgan fingerprint density at radius 2 is 1.73 bits per heavy atom. The molecule has 2 aliphatic rings. The lowest BCUT2D eigenvalue weighted by Gasteiger charge is -2.41. The van der Waals surface area contributed by atoms with Gasteiger partial charge in [0, 0.05) is 24.5 Å². The number of hydrogen-bond acceptors (Lipinski definition) is 4. The molecule has 0 bridgehead atoms. The lowest BCUT2D eigenvalue weighted by Crippen LogP contribution is -2.55. The first-order chi connectivity index (χ1) is 16.1. The first kappa shape index (κ1) is 23.1. The van der Waals surface area contributed by atoms with Gasteiger partial charge in [0.2, 0.25) is 0 Å². The monoisotopic (exact) mass is 449 g/mol. The smallest absolute Gasteiger partial charge is 0.407 e. The van der Waals surface area contributed by atoms with Gasteiger partial charge in [-0.1, -0.05) is 54.6 Å². The minimum Gasteiger partial charge on any atom is -0.480 e. The Hall–Kier alpha value is -3.12. The van der Waals surface area contributed by atoms with Gasteiger partial charge in [0.1, 0.15) is 12.6 Å². The van der Waals surface area contributed by atoms with Gasteiger partial charge in [0.15, 0.2) is 0 Å². The predicted octanol–water partition coefficient (Wildman–Crippen LogP) is 5.13. The number of ether oxygens (including phenoxy) is 2. The van der Waals surface area contributed by atoms with E-state index in [-0.39, 0.29) is 12.5 Å². The van der Waals surface area contributed by atoms with E-state index in [1.807, 2.05) is 30.3 Å². The standard InChI is InChI=1S/C27H31NO5/c1-2-3-8-13-27(14-16-32-17-15-27)24(25(29)30)28-26(31)33-18-23-21-11-6-4-9-19(21)20-10-5-7-12-22(20)23/h2,4-7,9-12,23-24H,1,3,8,13-18H2,(H,28,31)(H,29,30)/t24-/m1/s1. The minimum absolute atomic E-state index is 0.0731. The molecule has 1 aliphatic heterocycles. The molecule has 2 aromatic carbocycles. The highest BCUT2D eigenvalue weighted by Gasteiger charge is 2.45. The van der Waals surface area contributed by atoms with Gasteiger partial charge in [0.25, 0.3) is 0 Å². The third kappa shape index (κ3) is 4.81. The molecule has 1 saturated heterocycles. The lowest BCUT2D eigenvalue weighted by molar-refractivity contribution is -0.146. The van der Waals surface area contributed by atoms with Gasteiger partial charge in [-0.3, -0.25) is 0 Å². The van der Waals surface area contributed by atoms with Crippen LogP contribution in [0.5, 0.6) is 0 Å². The minimum atomic E-state index is -1.04. The molecular weight excluding hydrogens is 418 g/mol. The van der Waals surface area contributed by atoms with Crippen LogP contribution in [0.4, 0.5) is 4.79 Å². The maximum Gasteiger partial charge on any atom is 0.407 e. The largest absolute Gasteiger partial charge is 0.480 e. The summed E-state index contributed by atoms with van der Waals surface area (Å²) < 4.78 is 11.1. The number of fused-ring (bicyclic) bond motifs is 3. The lowest BCUT2D eigenvalue weighted by atomic mass is 9.70. The van der Waals surface area contributed by atoms with Crippen LogP contribution in [0.25, 0.3) is 11.1 Å². The van der Waals surface area contributed by atoms with Gasteiger partial charge in [-0.15, -0.1) is 6.58 Å². The second-order valence-electron chi connectivity index (χ2n) is 8.90. The number of amides is 1. The number of carboxylic acid groups (broad SMARTS) is 1. The van der Waals surface area contributed by atoms with Crippen molar-refractivity contribution in [2.45, 2.75) is 44.1 Å². The number of hydrogen-bond donors (Lipinski definition) is 2. The molecule has 0 unspecified atom stereocenters. The van der Waals surface area contributed by atoms with Gasteiger partial charge >= 0.3 is 12.1 Å². The summed E-state index contributed by atoms with van der Waals surface area (Å²) in [6.45, 7) is 4.89. The summed E-state index contributed by atoms with van der Waals surface area (Å²) in [6, 6.07) is 15.2. The Morgan fingerprint density at radius 3 is 2.30 bits per heavy atom. The van der Waals surface area contributed by atoms with Crippen molar-refractivity contribution in [2.24, 2.45) is 5.41 Å². The maximum absolute atomic E-state index is 12.8. The van der Waals surface area contributed by atoms with E-state index in [1.165, 1.54) is 0 Å². The number of benzene rings is 2. The summed E-state index contributed by atoms with van der Waals surface area (Å²) in [5.41, 5.74) is 3.97. The molecule has 33 heavy (non-hydrogen) atoms. The van der Waals surface area contributed by atoms with Gasteiger partial charge in [-0.25, -0.2) is 9.59 Å². The average molecular weight is 450 g/mol. The number of rotatable bonds is 9. The Kier molecular flexibility index (Phi) is 7.14. The molecule has 6 nitrogen and oxygen atoms in total. The first-order valence-electron chi connectivity index (χ1n) is 11.6. The van der Waals surface area contributed by atoms with E-state index in [0.717, 1.165) is 35.1 Å². The summed E-state index contributed by atoms with van der Waals surface area (Å²) in [5, 5.41) is 12.7. The van der Waals surface area contributed by atoms with Gasteiger partial charge in [0.05, 0.1) is 0 Å². The Balaban J connectivity index is 1.47. The van der Waals surface area contributed by atoms with Crippen molar-refractivity contribution < 1.29 is 24.2 Å².